The van der Waals surface area contributed by atoms with E-state index in [4.69, 9.17) is 20.8 Å². The summed E-state index contributed by atoms with van der Waals surface area (Å²) >= 11 is 7.24. The number of para-hydroxylation sites is 1. The van der Waals surface area contributed by atoms with Crippen molar-refractivity contribution >= 4 is 60.9 Å². The van der Waals surface area contributed by atoms with Crippen molar-refractivity contribution in [2.24, 2.45) is 0 Å². The number of fused-ring (bicyclic) bond motifs is 2. The molecule has 37 heavy (non-hydrogen) atoms. The molecule has 6 rings (SSSR count). The van der Waals surface area contributed by atoms with Crippen molar-refractivity contribution in [1.29, 1.82) is 0 Å². The topological polar surface area (TPSA) is 92.9 Å². The number of methoxy groups -OCH3 is 1. The van der Waals surface area contributed by atoms with E-state index in [9.17, 15) is 14.7 Å². The summed E-state index contributed by atoms with van der Waals surface area (Å²) in [6, 6.07) is 16.2. The van der Waals surface area contributed by atoms with Crippen molar-refractivity contribution < 1.29 is 28.2 Å². The van der Waals surface area contributed by atoms with E-state index in [-0.39, 0.29) is 22.0 Å². The summed E-state index contributed by atoms with van der Waals surface area (Å²) in [4.78, 5) is 32.8. The largest absolute Gasteiger partial charge is 0.503 e. The highest BCUT2D eigenvalue weighted by atomic mass is 35.5. The third-order valence-electron chi connectivity index (χ3n) is 6.15. The standard InChI is InChI=1S/C27H16ClFN2O5S/c1-35-18-8-4-5-13-11-19(36-25(13)18)23(32)21-22(15-6-2-3-7-16(15)29)31(26(34)24(21)33)27-30-17-10-9-14(28)12-20(17)37-27/h2-12,22,33H,1H3. The molecule has 3 aromatic carbocycles. The molecule has 0 bridgehead atoms. The number of ether oxygens (including phenoxy) is 1. The van der Waals surface area contributed by atoms with Crippen LogP contribution in [0.15, 0.2) is 82.5 Å². The number of rotatable bonds is 5. The maximum absolute atomic E-state index is 15.1. The summed E-state index contributed by atoms with van der Waals surface area (Å²) in [5.74, 6) is -2.81. The van der Waals surface area contributed by atoms with Crippen molar-refractivity contribution in [3.05, 3.63) is 100 Å². The van der Waals surface area contributed by atoms with Crippen molar-refractivity contribution in [3.63, 3.8) is 0 Å². The number of furan rings is 1. The lowest BCUT2D eigenvalue weighted by Gasteiger charge is -2.24. The number of Topliss-reactive ketones (excluding diaryl/α,β-unsaturated/α-hetero) is 1. The van der Waals surface area contributed by atoms with Crippen molar-refractivity contribution in [3.8, 4) is 5.75 Å². The third kappa shape index (κ3) is 3.66. The highest BCUT2D eigenvalue weighted by molar-refractivity contribution is 7.22. The molecule has 1 atom stereocenters. The van der Waals surface area contributed by atoms with E-state index in [0.29, 0.717) is 32.0 Å². The predicted molar refractivity (Wildman–Crippen MR) is 138 cm³/mol. The Balaban J connectivity index is 1.52. The number of carbonyl (C=O) groups excluding carboxylic acids is 2. The van der Waals surface area contributed by atoms with Gasteiger partial charge in [0.2, 0.25) is 5.78 Å². The van der Waals surface area contributed by atoms with Gasteiger partial charge in [-0.15, -0.1) is 0 Å². The molecule has 0 saturated carbocycles. The predicted octanol–water partition coefficient (Wildman–Crippen LogP) is 6.63. The van der Waals surface area contributed by atoms with Gasteiger partial charge in [-0.05, 0) is 36.4 Å². The second-order valence-corrected chi connectivity index (χ2v) is 9.73. The Kier molecular flexibility index (Phi) is 5.47. The highest BCUT2D eigenvalue weighted by Gasteiger charge is 2.47. The lowest BCUT2D eigenvalue weighted by molar-refractivity contribution is -0.117. The van der Waals surface area contributed by atoms with Gasteiger partial charge in [0.15, 0.2) is 28.0 Å². The summed E-state index contributed by atoms with van der Waals surface area (Å²) in [6.07, 6.45) is 0. The van der Waals surface area contributed by atoms with Crippen LogP contribution in [0.3, 0.4) is 0 Å². The Labute approximate surface area is 218 Å². The number of thiazole rings is 1. The zero-order valence-electron chi connectivity index (χ0n) is 19.1. The fourth-order valence-corrected chi connectivity index (χ4v) is 5.72. The van der Waals surface area contributed by atoms with Gasteiger partial charge in [0.05, 0.1) is 22.9 Å². The molecule has 3 heterocycles. The number of anilines is 1. The third-order valence-corrected chi connectivity index (χ3v) is 7.40. The minimum atomic E-state index is -1.28. The van der Waals surface area contributed by atoms with Crippen LogP contribution in [-0.2, 0) is 4.79 Å². The van der Waals surface area contributed by atoms with Crippen LogP contribution in [0.25, 0.3) is 21.2 Å². The van der Waals surface area contributed by atoms with Crippen molar-refractivity contribution in [1.82, 2.24) is 4.98 Å². The van der Waals surface area contributed by atoms with E-state index in [0.717, 1.165) is 16.2 Å². The molecule has 0 spiro atoms. The molecule has 1 N–H and O–H groups in total. The monoisotopic (exact) mass is 534 g/mol. The summed E-state index contributed by atoms with van der Waals surface area (Å²) in [7, 11) is 1.47. The maximum atomic E-state index is 15.1. The number of amides is 1. The quantitative estimate of drug-likeness (QED) is 0.254. The van der Waals surface area contributed by atoms with Gasteiger partial charge in [-0.1, -0.05) is 53.3 Å². The number of benzene rings is 3. The Morgan fingerprint density at radius 2 is 1.97 bits per heavy atom. The molecule has 1 aliphatic heterocycles. The molecule has 5 aromatic rings. The Hall–Kier alpha value is -4.21. The van der Waals surface area contributed by atoms with Gasteiger partial charge >= 0.3 is 0 Å². The van der Waals surface area contributed by atoms with Crippen LogP contribution in [0.1, 0.15) is 22.2 Å². The average Bonchev–Trinajstić information content (AvgIpc) is 3.58. The van der Waals surface area contributed by atoms with Gasteiger partial charge in [-0.2, -0.15) is 0 Å². The van der Waals surface area contributed by atoms with Crippen molar-refractivity contribution in [2.75, 3.05) is 12.0 Å². The number of hydrogen-bond acceptors (Lipinski definition) is 7. The lowest BCUT2D eigenvalue weighted by Crippen LogP contribution is -2.31. The molecule has 184 valence electrons. The van der Waals surface area contributed by atoms with E-state index in [2.05, 4.69) is 4.98 Å². The Bertz CT molecular complexity index is 1780. The number of ketones is 1. The molecule has 7 nitrogen and oxygen atoms in total. The Morgan fingerprint density at radius 3 is 2.76 bits per heavy atom. The van der Waals surface area contributed by atoms with Crippen LogP contribution in [0, 0.1) is 5.82 Å². The molecule has 0 saturated heterocycles. The molecule has 1 amide bonds. The van der Waals surface area contributed by atoms with Crippen LogP contribution < -0.4 is 9.64 Å². The maximum Gasteiger partial charge on any atom is 0.296 e. The number of aromatic nitrogens is 1. The SMILES string of the molecule is COc1cccc2cc(C(=O)C3=C(O)C(=O)N(c4nc5ccc(Cl)cc5s4)C3c3ccccc3F)oc12. The van der Waals surface area contributed by atoms with Gasteiger partial charge in [-0.3, -0.25) is 14.5 Å². The molecule has 0 aliphatic carbocycles. The summed E-state index contributed by atoms with van der Waals surface area (Å²) in [5, 5.41) is 12.2. The van der Waals surface area contributed by atoms with Crippen LogP contribution in [0.2, 0.25) is 5.02 Å². The average molecular weight is 535 g/mol. The van der Waals surface area contributed by atoms with Crippen LogP contribution in [0.4, 0.5) is 9.52 Å². The molecule has 1 aliphatic rings. The van der Waals surface area contributed by atoms with Gasteiger partial charge in [0.25, 0.3) is 5.91 Å². The number of aliphatic hydroxyl groups is 1. The fourth-order valence-electron chi connectivity index (χ4n) is 4.46. The van der Waals surface area contributed by atoms with Crippen LogP contribution >= 0.6 is 22.9 Å². The molecule has 10 heteroatoms. The number of nitrogens with zero attached hydrogens (tertiary/aromatic N) is 2. The lowest BCUT2D eigenvalue weighted by atomic mass is 9.95. The van der Waals surface area contributed by atoms with E-state index in [1.807, 2.05) is 0 Å². The molecule has 2 aromatic heterocycles. The van der Waals surface area contributed by atoms with E-state index in [1.165, 1.54) is 31.4 Å². The first-order valence-corrected chi connectivity index (χ1v) is 12.2. The second-order valence-electron chi connectivity index (χ2n) is 8.29. The number of aliphatic hydroxyl groups excluding tert-OH is 1. The van der Waals surface area contributed by atoms with E-state index < -0.39 is 29.3 Å². The van der Waals surface area contributed by atoms with Crippen LogP contribution in [-0.4, -0.2) is 28.9 Å². The molecular formula is C27H16ClFN2O5S. The zero-order valence-corrected chi connectivity index (χ0v) is 20.6. The molecular weight excluding hydrogens is 519 g/mol. The summed E-state index contributed by atoms with van der Waals surface area (Å²) in [6.45, 7) is 0. The highest BCUT2D eigenvalue weighted by Crippen LogP contribution is 2.45. The van der Waals surface area contributed by atoms with Gasteiger partial charge in [0, 0.05) is 16.0 Å². The molecule has 0 radical (unpaired) electrons. The second kappa shape index (κ2) is 8.72. The number of hydrogen-bond donors (Lipinski definition) is 1. The van der Waals surface area contributed by atoms with E-state index >= 15 is 4.39 Å². The minimum Gasteiger partial charge on any atom is -0.503 e. The van der Waals surface area contributed by atoms with Crippen LogP contribution in [0.5, 0.6) is 5.75 Å². The zero-order chi connectivity index (χ0) is 25.8. The minimum absolute atomic E-state index is 0.0224. The van der Waals surface area contributed by atoms with Gasteiger partial charge < -0.3 is 14.3 Å². The number of halogens is 2. The molecule has 1 unspecified atom stereocenters. The fraction of sp³-hybridized carbons (Fsp3) is 0.0741. The van der Waals surface area contributed by atoms with Gasteiger partial charge in [0.1, 0.15) is 11.9 Å². The van der Waals surface area contributed by atoms with Gasteiger partial charge in [-0.25, -0.2) is 9.37 Å². The summed E-state index contributed by atoms with van der Waals surface area (Å²) < 4.78 is 26.9. The number of carbonyl (C=O) groups is 2. The summed E-state index contributed by atoms with van der Waals surface area (Å²) in [5.41, 5.74) is 0.605. The normalized spacial score (nSPS) is 15.8. The smallest absolute Gasteiger partial charge is 0.296 e. The first-order valence-electron chi connectivity index (χ1n) is 11.1. The van der Waals surface area contributed by atoms with E-state index in [1.54, 1.807) is 42.5 Å². The first-order chi connectivity index (χ1) is 17.9. The van der Waals surface area contributed by atoms with Crippen molar-refractivity contribution in [2.45, 2.75) is 6.04 Å². The Morgan fingerprint density at radius 1 is 1.16 bits per heavy atom. The molecule has 0 fully saturated rings. The first kappa shape index (κ1) is 23.2.